The third-order valence-corrected chi connectivity index (χ3v) is 9.33. The predicted molar refractivity (Wildman–Crippen MR) is 155 cm³/mol. The number of aliphatic hydroxyl groups is 1. The normalized spacial score (nSPS) is 23.7. The summed E-state index contributed by atoms with van der Waals surface area (Å²) in [5.41, 5.74) is 4.20. The molecule has 206 valence electrons. The Hall–Kier alpha value is -1.90. The SMILES string of the molecule is C=C([C@H](CN1CCN(C(C)C)CC1)c1ccc(Cl)c(Cl)c1)N1CCN(c2ncnc3c2[C@H](C)C[C@H]3O)CC1. The van der Waals surface area contributed by atoms with Crippen LogP contribution in [0.15, 0.2) is 36.8 Å². The molecule has 1 aromatic carbocycles. The standard InChI is InChI=1S/C29H40Cl2N6O/c1-19(2)35-9-7-34(8-10-35)17-23(22-5-6-24(30)25(31)16-22)21(4)36-11-13-37(14-12-36)29-27-20(3)15-26(38)28(27)32-18-33-29/h5-6,16,18-20,23,26,38H,4,7-15,17H2,1-3H3/t20-,23+,26-/m1/s1. The third kappa shape index (κ3) is 5.68. The summed E-state index contributed by atoms with van der Waals surface area (Å²) in [6.07, 6.45) is 1.83. The molecule has 3 heterocycles. The summed E-state index contributed by atoms with van der Waals surface area (Å²) in [5, 5.41) is 11.6. The van der Waals surface area contributed by atoms with Crippen LogP contribution in [0.4, 0.5) is 5.82 Å². The van der Waals surface area contributed by atoms with Gasteiger partial charge in [0.25, 0.3) is 0 Å². The average molecular weight is 560 g/mol. The first-order valence-electron chi connectivity index (χ1n) is 13.9. The van der Waals surface area contributed by atoms with Crippen molar-refractivity contribution in [2.45, 2.75) is 51.2 Å². The van der Waals surface area contributed by atoms with Crippen LogP contribution in [-0.2, 0) is 0 Å². The second kappa shape index (κ2) is 11.7. The Morgan fingerprint density at radius 2 is 1.74 bits per heavy atom. The van der Waals surface area contributed by atoms with Gasteiger partial charge < -0.3 is 14.9 Å². The van der Waals surface area contributed by atoms with Gasteiger partial charge in [0.15, 0.2) is 0 Å². The van der Waals surface area contributed by atoms with Crippen molar-refractivity contribution in [2.24, 2.45) is 0 Å². The number of rotatable bonds is 7. The van der Waals surface area contributed by atoms with Crippen molar-refractivity contribution in [1.29, 1.82) is 0 Å². The molecule has 2 aliphatic heterocycles. The number of halogens is 2. The van der Waals surface area contributed by atoms with Crippen molar-refractivity contribution in [3.63, 3.8) is 0 Å². The quantitative estimate of drug-likeness (QED) is 0.525. The van der Waals surface area contributed by atoms with Gasteiger partial charge in [-0.25, -0.2) is 9.97 Å². The van der Waals surface area contributed by atoms with Gasteiger partial charge in [-0.1, -0.05) is 42.8 Å². The zero-order chi connectivity index (χ0) is 27.0. The largest absolute Gasteiger partial charge is 0.387 e. The van der Waals surface area contributed by atoms with Crippen LogP contribution >= 0.6 is 23.2 Å². The van der Waals surface area contributed by atoms with E-state index in [4.69, 9.17) is 23.2 Å². The van der Waals surface area contributed by atoms with Gasteiger partial charge >= 0.3 is 0 Å². The Kier molecular flexibility index (Phi) is 8.51. The molecule has 38 heavy (non-hydrogen) atoms. The van der Waals surface area contributed by atoms with Crippen LogP contribution in [0, 0.1) is 0 Å². The molecule has 3 aliphatic rings. The summed E-state index contributed by atoms with van der Waals surface area (Å²) in [4.78, 5) is 18.9. The molecule has 9 heteroatoms. The molecule has 0 unspecified atom stereocenters. The Morgan fingerprint density at radius 3 is 2.39 bits per heavy atom. The average Bonchev–Trinajstić information content (AvgIpc) is 3.22. The van der Waals surface area contributed by atoms with Gasteiger partial charge in [0.2, 0.25) is 0 Å². The maximum absolute atomic E-state index is 10.4. The van der Waals surface area contributed by atoms with Crippen LogP contribution in [0.1, 0.15) is 62.0 Å². The van der Waals surface area contributed by atoms with E-state index in [2.05, 4.69) is 63.0 Å². The molecule has 1 aromatic heterocycles. The van der Waals surface area contributed by atoms with Gasteiger partial charge in [-0.2, -0.15) is 0 Å². The van der Waals surface area contributed by atoms with Crippen molar-refractivity contribution in [2.75, 3.05) is 63.8 Å². The monoisotopic (exact) mass is 558 g/mol. The smallest absolute Gasteiger partial charge is 0.135 e. The van der Waals surface area contributed by atoms with E-state index in [1.165, 1.54) is 0 Å². The second-order valence-electron chi connectivity index (χ2n) is 11.3. The highest BCUT2D eigenvalue weighted by Gasteiger charge is 2.34. The molecule has 2 saturated heterocycles. The number of benzene rings is 1. The highest BCUT2D eigenvalue weighted by atomic mass is 35.5. The number of fused-ring (bicyclic) bond motifs is 1. The molecule has 0 bridgehead atoms. The van der Waals surface area contributed by atoms with Crippen molar-refractivity contribution < 1.29 is 5.11 Å². The molecule has 3 atom stereocenters. The first-order chi connectivity index (χ1) is 18.2. The van der Waals surface area contributed by atoms with E-state index < -0.39 is 6.10 Å². The van der Waals surface area contributed by atoms with E-state index in [-0.39, 0.29) is 11.8 Å². The first kappa shape index (κ1) is 27.7. The Balaban J connectivity index is 1.30. The van der Waals surface area contributed by atoms with E-state index >= 15 is 0 Å². The van der Waals surface area contributed by atoms with Crippen LogP contribution in [0.25, 0.3) is 0 Å². The summed E-state index contributed by atoms with van der Waals surface area (Å²) < 4.78 is 0. The minimum absolute atomic E-state index is 0.139. The van der Waals surface area contributed by atoms with Crippen molar-refractivity contribution in [3.05, 3.63) is 63.7 Å². The van der Waals surface area contributed by atoms with E-state index in [1.54, 1.807) is 6.33 Å². The minimum atomic E-state index is -0.489. The molecule has 1 N–H and O–H groups in total. The van der Waals surface area contributed by atoms with Crippen LogP contribution in [0.3, 0.4) is 0 Å². The van der Waals surface area contributed by atoms with Crippen molar-refractivity contribution in [3.8, 4) is 0 Å². The molecular formula is C29H40Cl2N6O. The lowest BCUT2D eigenvalue weighted by Crippen LogP contribution is -2.51. The van der Waals surface area contributed by atoms with E-state index in [0.29, 0.717) is 22.5 Å². The Labute approximate surface area is 237 Å². The molecule has 0 saturated carbocycles. The lowest BCUT2D eigenvalue weighted by atomic mass is 9.93. The maximum Gasteiger partial charge on any atom is 0.135 e. The zero-order valence-corrected chi connectivity index (χ0v) is 24.3. The molecule has 2 aromatic rings. The van der Waals surface area contributed by atoms with Crippen LogP contribution < -0.4 is 4.90 Å². The van der Waals surface area contributed by atoms with Gasteiger partial charge in [-0.3, -0.25) is 9.80 Å². The van der Waals surface area contributed by atoms with Gasteiger partial charge in [0, 0.05) is 82.1 Å². The predicted octanol–water partition coefficient (Wildman–Crippen LogP) is 4.77. The fraction of sp³-hybridized carbons (Fsp3) is 0.586. The summed E-state index contributed by atoms with van der Waals surface area (Å²) in [6.45, 7) is 20.0. The lowest BCUT2D eigenvalue weighted by molar-refractivity contribution is 0.104. The number of aliphatic hydroxyl groups excluding tert-OH is 1. The number of aromatic nitrogens is 2. The number of nitrogens with zero attached hydrogens (tertiary/aromatic N) is 6. The highest BCUT2D eigenvalue weighted by molar-refractivity contribution is 6.42. The van der Waals surface area contributed by atoms with Crippen LogP contribution in [0.2, 0.25) is 10.0 Å². The van der Waals surface area contributed by atoms with Gasteiger partial charge in [-0.05, 0) is 43.9 Å². The zero-order valence-electron chi connectivity index (χ0n) is 22.8. The Bertz CT molecular complexity index is 1140. The number of hydrogen-bond acceptors (Lipinski definition) is 7. The summed E-state index contributed by atoms with van der Waals surface area (Å²) in [5.74, 6) is 1.38. The third-order valence-electron chi connectivity index (χ3n) is 8.59. The van der Waals surface area contributed by atoms with Crippen molar-refractivity contribution >= 4 is 29.0 Å². The molecule has 0 spiro atoms. The molecule has 7 nitrogen and oxygen atoms in total. The van der Waals surface area contributed by atoms with E-state index in [9.17, 15) is 5.11 Å². The van der Waals surface area contributed by atoms with Gasteiger partial charge in [0.05, 0.1) is 21.8 Å². The summed E-state index contributed by atoms with van der Waals surface area (Å²) >= 11 is 12.7. The van der Waals surface area contributed by atoms with Crippen LogP contribution in [-0.4, -0.2) is 94.7 Å². The molecule has 1 aliphatic carbocycles. The van der Waals surface area contributed by atoms with Crippen LogP contribution in [0.5, 0.6) is 0 Å². The lowest BCUT2D eigenvalue weighted by Gasteiger charge is -2.42. The maximum atomic E-state index is 10.4. The molecule has 2 fully saturated rings. The van der Waals surface area contributed by atoms with Gasteiger partial charge in [-0.15, -0.1) is 0 Å². The summed E-state index contributed by atoms with van der Waals surface area (Å²) in [6, 6.07) is 6.59. The first-order valence-corrected chi connectivity index (χ1v) is 14.6. The number of anilines is 1. The molecule has 0 amide bonds. The number of hydrogen-bond donors (Lipinski definition) is 1. The van der Waals surface area contributed by atoms with E-state index in [1.807, 2.05) is 12.1 Å². The minimum Gasteiger partial charge on any atom is -0.387 e. The molecule has 5 rings (SSSR count). The van der Waals surface area contributed by atoms with E-state index in [0.717, 1.165) is 87.2 Å². The fourth-order valence-electron chi connectivity index (χ4n) is 6.23. The van der Waals surface area contributed by atoms with Crippen molar-refractivity contribution in [1.82, 2.24) is 24.7 Å². The Morgan fingerprint density at radius 1 is 1.03 bits per heavy atom. The van der Waals surface area contributed by atoms with Gasteiger partial charge in [0.1, 0.15) is 12.1 Å². The second-order valence-corrected chi connectivity index (χ2v) is 12.1. The molecular weight excluding hydrogens is 519 g/mol. The summed E-state index contributed by atoms with van der Waals surface area (Å²) in [7, 11) is 0. The molecule has 0 radical (unpaired) electrons. The number of piperazine rings is 2. The fourth-order valence-corrected chi connectivity index (χ4v) is 6.54. The highest BCUT2D eigenvalue weighted by Crippen LogP contribution is 2.43. The topological polar surface area (TPSA) is 59.0 Å².